The average Bonchev–Trinajstić information content (AvgIpc) is 3.18. The number of imidazole rings is 1. The maximum absolute atomic E-state index is 13.5. The van der Waals surface area contributed by atoms with Crippen LogP contribution in [0, 0.1) is 28.6 Å². The third-order valence-electron chi connectivity index (χ3n) is 8.87. The number of fused-ring (bicyclic) bond motifs is 5. The summed E-state index contributed by atoms with van der Waals surface area (Å²) in [6.07, 6.45) is 13.5. The van der Waals surface area contributed by atoms with Crippen molar-refractivity contribution >= 4 is 17.5 Å². The third kappa shape index (κ3) is 2.61. The summed E-state index contributed by atoms with van der Waals surface area (Å²) in [7, 11) is 2.04. The Morgan fingerprint density at radius 2 is 2.00 bits per heavy atom. The van der Waals surface area contributed by atoms with Crippen molar-refractivity contribution in [1.82, 2.24) is 4.98 Å². The fraction of sp³-hybridized carbons (Fsp3) is 0.739. The zero-order valence-electron chi connectivity index (χ0n) is 17.3. The highest BCUT2D eigenvalue weighted by molar-refractivity contribution is 8.00. The molecule has 152 valence electrons. The van der Waals surface area contributed by atoms with Gasteiger partial charge >= 0.3 is 5.16 Å². The molecule has 0 amide bonds. The number of H-pyrrole nitrogens is 1. The fourth-order valence-corrected chi connectivity index (χ4v) is 8.46. The number of aromatic amines is 1. The largest absolute Gasteiger partial charge is 0.393 e. The molecule has 1 aromatic heterocycles. The summed E-state index contributed by atoms with van der Waals surface area (Å²) in [6, 6.07) is 0. The van der Waals surface area contributed by atoms with Crippen LogP contribution in [0.4, 0.5) is 0 Å². The standard InChI is InChI=1S/C23H32N2O2S/c1-22-8-6-15(26)12-14(22)4-5-16-17(22)7-9-23(2)18(16)13-19(20(23)27)28-21-24-10-11-25(21)3/h4,10-11,15-19,26H,5-9,12-13H2,1-3H3/p+1. The highest BCUT2D eigenvalue weighted by Gasteiger charge is 2.61. The third-order valence-corrected chi connectivity index (χ3v) is 10.2. The van der Waals surface area contributed by atoms with Gasteiger partial charge in [0.05, 0.1) is 18.4 Å². The molecule has 0 bridgehead atoms. The fourth-order valence-electron chi connectivity index (χ4n) is 7.15. The first-order chi connectivity index (χ1) is 13.3. The minimum Gasteiger partial charge on any atom is -0.393 e. The van der Waals surface area contributed by atoms with Crippen LogP contribution in [-0.4, -0.2) is 27.2 Å². The number of aromatic nitrogens is 2. The van der Waals surface area contributed by atoms with E-state index >= 15 is 0 Å². The van der Waals surface area contributed by atoms with Crippen LogP contribution in [0.5, 0.6) is 0 Å². The molecule has 5 heteroatoms. The first-order valence-electron chi connectivity index (χ1n) is 10.9. The van der Waals surface area contributed by atoms with E-state index in [2.05, 4.69) is 29.5 Å². The summed E-state index contributed by atoms with van der Waals surface area (Å²) in [6.45, 7) is 4.71. The van der Waals surface area contributed by atoms with Crippen molar-refractivity contribution in [2.45, 2.75) is 75.3 Å². The molecular formula is C23H33N2O2S+. The maximum atomic E-state index is 13.5. The summed E-state index contributed by atoms with van der Waals surface area (Å²) in [4.78, 5) is 16.8. The minimum absolute atomic E-state index is 0.0740. The van der Waals surface area contributed by atoms with Gasteiger partial charge in [0, 0.05) is 5.41 Å². The Morgan fingerprint density at radius 1 is 1.21 bits per heavy atom. The highest BCUT2D eigenvalue weighted by Crippen LogP contribution is 2.64. The number of Topliss-reactive ketones (excluding diaryl/α,β-unsaturated/α-hetero) is 1. The lowest BCUT2D eigenvalue weighted by atomic mass is 9.48. The molecule has 0 saturated heterocycles. The van der Waals surface area contributed by atoms with Crippen molar-refractivity contribution in [2.75, 3.05) is 0 Å². The van der Waals surface area contributed by atoms with Gasteiger partial charge in [0.15, 0.2) is 5.78 Å². The van der Waals surface area contributed by atoms with E-state index < -0.39 is 0 Å². The number of aliphatic hydroxyl groups excluding tert-OH is 1. The van der Waals surface area contributed by atoms with E-state index in [4.69, 9.17) is 0 Å². The van der Waals surface area contributed by atoms with Gasteiger partial charge in [-0.3, -0.25) is 4.79 Å². The molecular weight excluding hydrogens is 368 g/mol. The Bertz CT molecular complexity index is 832. The topological polar surface area (TPSA) is 57.0 Å². The van der Waals surface area contributed by atoms with Gasteiger partial charge in [-0.15, -0.1) is 0 Å². The Morgan fingerprint density at radius 3 is 2.75 bits per heavy atom. The molecule has 1 heterocycles. The van der Waals surface area contributed by atoms with Crippen LogP contribution in [0.15, 0.2) is 29.2 Å². The second kappa shape index (κ2) is 6.46. The number of allylic oxidation sites excluding steroid dienone is 1. The predicted molar refractivity (Wildman–Crippen MR) is 110 cm³/mol. The monoisotopic (exact) mass is 401 g/mol. The summed E-state index contributed by atoms with van der Waals surface area (Å²) in [5.74, 6) is 2.28. The Hall–Kier alpha value is -1.07. The van der Waals surface area contributed by atoms with Gasteiger partial charge in [-0.05, 0) is 79.9 Å². The molecule has 28 heavy (non-hydrogen) atoms. The summed E-state index contributed by atoms with van der Waals surface area (Å²) < 4.78 is 2.08. The molecule has 5 rings (SSSR count). The number of rotatable bonds is 2. The van der Waals surface area contributed by atoms with Crippen molar-refractivity contribution in [3.63, 3.8) is 0 Å². The van der Waals surface area contributed by atoms with Crippen LogP contribution in [0.3, 0.4) is 0 Å². The lowest BCUT2D eigenvalue weighted by Gasteiger charge is -2.56. The van der Waals surface area contributed by atoms with E-state index in [0.29, 0.717) is 23.5 Å². The van der Waals surface area contributed by atoms with Crippen LogP contribution in [-0.2, 0) is 11.8 Å². The Kier molecular flexibility index (Phi) is 4.37. The molecule has 2 N–H and O–H groups in total. The molecule has 3 saturated carbocycles. The number of thioether (sulfide) groups is 1. The van der Waals surface area contributed by atoms with Crippen LogP contribution in [0.25, 0.3) is 0 Å². The molecule has 0 aromatic carbocycles. The smallest absolute Gasteiger partial charge is 0.316 e. The lowest BCUT2D eigenvalue weighted by Crippen LogP contribution is -2.50. The van der Waals surface area contributed by atoms with Crippen molar-refractivity contribution in [3.8, 4) is 0 Å². The maximum Gasteiger partial charge on any atom is 0.316 e. The van der Waals surface area contributed by atoms with Gasteiger partial charge in [0.2, 0.25) is 0 Å². The summed E-state index contributed by atoms with van der Waals surface area (Å²) in [5.41, 5.74) is 1.59. The van der Waals surface area contributed by atoms with E-state index in [1.807, 2.05) is 19.4 Å². The number of carbonyl (C=O) groups is 1. The van der Waals surface area contributed by atoms with Gasteiger partial charge < -0.3 is 5.11 Å². The lowest BCUT2D eigenvalue weighted by molar-refractivity contribution is -0.708. The van der Waals surface area contributed by atoms with Crippen LogP contribution in [0.1, 0.15) is 58.8 Å². The normalized spacial score (nSPS) is 45.2. The number of aryl methyl sites for hydroxylation is 1. The van der Waals surface area contributed by atoms with E-state index in [0.717, 1.165) is 43.7 Å². The second-order valence-electron chi connectivity index (χ2n) is 10.2. The first kappa shape index (κ1) is 18.9. The zero-order valence-corrected chi connectivity index (χ0v) is 18.1. The van der Waals surface area contributed by atoms with Gasteiger partial charge in [-0.2, -0.15) is 0 Å². The molecule has 4 nitrogen and oxygen atoms in total. The number of ketones is 1. The SMILES string of the molecule is C[n+]1cc[nH]c1SC1CC2C3CC=C4CC(O)CCC4(C)C3CCC2(C)C1=O. The van der Waals surface area contributed by atoms with Crippen LogP contribution in [0.2, 0.25) is 0 Å². The minimum atomic E-state index is -0.153. The number of hydrogen-bond acceptors (Lipinski definition) is 3. The van der Waals surface area contributed by atoms with Gasteiger partial charge in [0.25, 0.3) is 0 Å². The summed E-state index contributed by atoms with van der Waals surface area (Å²) >= 11 is 1.73. The van der Waals surface area contributed by atoms with Crippen LogP contribution >= 0.6 is 11.8 Å². The molecule has 1 aromatic rings. The number of nitrogens with one attached hydrogen (secondary N) is 1. The molecule has 7 unspecified atom stereocenters. The van der Waals surface area contributed by atoms with Crippen molar-refractivity contribution < 1.29 is 14.5 Å². The van der Waals surface area contributed by atoms with E-state index in [1.54, 1.807) is 11.8 Å². The molecule has 4 aliphatic carbocycles. The molecule has 0 aliphatic heterocycles. The number of aliphatic hydroxyl groups is 1. The predicted octanol–water partition coefficient (Wildman–Crippen LogP) is 3.80. The summed E-state index contributed by atoms with van der Waals surface area (Å²) in [5, 5.41) is 11.3. The zero-order chi connectivity index (χ0) is 19.7. The van der Waals surface area contributed by atoms with Crippen LogP contribution < -0.4 is 4.57 Å². The molecule has 7 atom stereocenters. The number of nitrogens with zero attached hydrogens (tertiary/aromatic N) is 1. The first-order valence-corrected chi connectivity index (χ1v) is 11.8. The second-order valence-corrected chi connectivity index (χ2v) is 11.4. The van der Waals surface area contributed by atoms with E-state index in [1.165, 1.54) is 12.0 Å². The van der Waals surface area contributed by atoms with E-state index in [-0.39, 0.29) is 22.2 Å². The molecule has 3 fully saturated rings. The molecule has 0 spiro atoms. The molecule has 0 radical (unpaired) electrons. The van der Waals surface area contributed by atoms with Gasteiger partial charge in [-0.25, -0.2) is 9.55 Å². The molecule has 4 aliphatic rings. The van der Waals surface area contributed by atoms with E-state index in [9.17, 15) is 9.90 Å². The van der Waals surface area contributed by atoms with Crippen molar-refractivity contribution in [3.05, 3.63) is 24.0 Å². The quantitative estimate of drug-likeness (QED) is 0.585. The Labute approximate surface area is 172 Å². The van der Waals surface area contributed by atoms with Crippen molar-refractivity contribution in [2.24, 2.45) is 35.6 Å². The van der Waals surface area contributed by atoms with Crippen molar-refractivity contribution in [1.29, 1.82) is 0 Å². The average molecular weight is 402 g/mol. The highest BCUT2D eigenvalue weighted by atomic mass is 32.2. The number of hydrogen-bond donors (Lipinski definition) is 2. The number of carbonyl (C=O) groups excluding carboxylic acids is 1. The Balaban J connectivity index is 1.43. The van der Waals surface area contributed by atoms with Gasteiger partial charge in [-0.1, -0.05) is 25.5 Å². The van der Waals surface area contributed by atoms with Gasteiger partial charge in [0.1, 0.15) is 12.4 Å².